The summed E-state index contributed by atoms with van der Waals surface area (Å²) in [4.78, 5) is 6.85. The lowest BCUT2D eigenvalue weighted by atomic mass is 9.92. The van der Waals surface area contributed by atoms with Gasteiger partial charge in [-0.25, -0.2) is 0 Å². The highest BCUT2D eigenvalue weighted by Gasteiger charge is 2.23. The molecular weight excluding hydrogens is 258 g/mol. The number of likely N-dealkylation sites (N-methyl/N-ethyl adjacent to an activating group) is 1. The Kier molecular flexibility index (Phi) is 5.90. The molecule has 0 spiro atoms. The van der Waals surface area contributed by atoms with Crippen molar-refractivity contribution in [3.63, 3.8) is 0 Å². The highest BCUT2D eigenvalue weighted by atomic mass is 15.2. The van der Waals surface area contributed by atoms with Crippen molar-refractivity contribution in [1.82, 2.24) is 9.88 Å². The summed E-state index contributed by atoms with van der Waals surface area (Å²) in [5.41, 5.74) is 8.51. The molecule has 2 rings (SSSR count). The van der Waals surface area contributed by atoms with E-state index in [0.717, 1.165) is 18.8 Å². The maximum absolute atomic E-state index is 6.08. The number of hydrogen-bond acceptors (Lipinski definition) is 3. The fraction of sp³-hybridized carbons (Fsp3) is 0.389. The van der Waals surface area contributed by atoms with Crippen molar-refractivity contribution in [3.05, 3.63) is 66.0 Å². The summed E-state index contributed by atoms with van der Waals surface area (Å²) < 4.78 is 0. The van der Waals surface area contributed by atoms with Crippen LogP contribution in [0.3, 0.4) is 0 Å². The average molecular weight is 283 g/mol. The maximum atomic E-state index is 6.08. The number of aromatic nitrogens is 1. The van der Waals surface area contributed by atoms with Gasteiger partial charge in [-0.1, -0.05) is 50.2 Å². The molecule has 2 aromatic rings. The Balaban J connectivity index is 2.14. The largest absolute Gasteiger partial charge is 0.329 e. The molecule has 0 saturated heterocycles. The predicted molar refractivity (Wildman–Crippen MR) is 88.0 cm³/mol. The average Bonchev–Trinajstić information content (AvgIpc) is 2.56. The van der Waals surface area contributed by atoms with Gasteiger partial charge < -0.3 is 5.73 Å². The lowest BCUT2D eigenvalue weighted by Gasteiger charge is -2.34. The fourth-order valence-electron chi connectivity index (χ4n) is 2.81. The van der Waals surface area contributed by atoms with Gasteiger partial charge in [0.15, 0.2) is 0 Å². The minimum Gasteiger partial charge on any atom is -0.329 e. The van der Waals surface area contributed by atoms with Crippen LogP contribution >= 0.6 is 0 Å². The van der Waals surface area contributed by atoms with Gasteiger partial charge in [0.05, 0.1) is 5.69 Å². The van der Waals surface area contributed by atoms with Gasteiger partial charge in [0.25, 0.3) is 0 Å². The molecule has 0 aliphatic heterocycles. The van der Waals surface area contributed by atoms with Crippen LogP contribution in [0.5, 0.6) is 0 Å². The second-order valence-corrected chi connectivity index (χ2v) is 5.39. The summed E-state index contributed by atoms with van der Waals surface area (Å²) in [5, 5.41) is 0. The number of nitrogens with two attached hydrogens (primary N) is 1. The van der Waals surface area contributed by atoms with Crippen molar-refractivity contribution in [2.24, 2.45) is 5.73 Å². The molecule has 0 aliphatic rings. The minimum absolute atomic E-state index is 0.319. The predicted octanol–water partition coefficient (Wildman–Crippen LogP) is 3.03. The van der Waals surface area contributed by atoms with Crippen LogP contribution in [-0.2, 0) is 6.54 Å². The SMILES string of the molecule is CCN(Cc1ccccn1)C(CN)C(C)c1ccccc1. The monoisotopic (exact) mass is 283 g/mol. The van der Waals surface area contributed by atoms with E-state index in [1.54, 1.807) is 0 Å². The zero-order valence-electron chi connectivity index (χ0n) is 12.9. The Morgan fingerprint density at radius 3 is 2.38 bits per heavy atom. The number of nitrogens with zero attached hydrogens (tertiary/aromatic N) is 2. The van der Waals surface area contributed by atoms with Crippen LogP contribution in [0, 0.1) is 0 Å². The molecule has 0 amide bonds. The van der Waals surface area contributed by atoms with Crippen LogP contribution in [0.1, 0.15) is 31.0 Å². The summed E-state index contributed by atoms with van der Waals surface area (Å²) in [6.45, 7) is 6.90. The second kappa shape index (κ2) is 7.91. The van der Waals surface area contributed by atoms with Crippen LogP contribution in [0.15, 0.2) is 54.7 Å². The van der Waals surface area contributed by atoms with Crippen LogP contribution in [-0.4, -0.2) is 29.0 Å². The standard InChI is InChI=1S/C18H25N3/c1-3-21(14-17-11-7-8-12-20-17)18(13-19)15(2)16-9-5-4-6-10-16/h4-12,15,18H,3,13-14,19H2,1-2H3. The summed E-state index contributed by atoms with van der Waals surface area (Å²) in [5.74, 6) is 0.403. The van der Waals surface area contributed by atoms with Gasteiger partial charge >= 0.3 is 0 Å². The maximum Gasteiger partial charge on any atom is 0.0544 e. The molecule has 0 fully saturated rings. The van der Waals surface area contributed by atoms with Gasteiger partial charge in [-0.15, -0.1) is 0 Å². The lowest BCUT2D eigenvalue weighted by molar-refractivity contribution is 0.177. The molecule has 1 aromatic heterocycles. The van der Waals surface area contributed by atoms with E-state index < -0.39 is 0 Å². The van der Waals surface area contributed by atoms with Gasteiger partial charge in [-0.2, -0.15) is 0 Å². The second-order valence-electron chi connectivity index (χ2n) is 5.39. The summed E-state index contributed by atoms with van der Waals surface area (Å²) >= 11 is 0. The third-order valence-electron chi connectivity index (χ3n) is 4.11. The third-order valence-corrected chi connectivity index (χ3v) is 4.11. The number of pyridine rings is 1. The molecule has 2 atom stereocenters. The Bertz CT molecular complexity index is 513. The van der Waals surface area contributed by atoms with Gasteiger partial charge in [-0.05, 0) is 30.2 Å². The molecule has 2 unspecified atom stereocenters. The fourth-order valence-corrected chi connectivity index (χ4v) is 2.81. The van der Waals surface area contributed by atoms with E-state index >= 15 is 0 Å². The Labute approximate surface area is 127 Å². The summed E-state index contributed by atoms with van der Waals surface area (Å²) in [6, 6.07) is 17.0. The molecule has 112 valence electrons. The zero-order valence-corrected chi connectivity index (χ0v) is 12.9. The number of hydrogen-bond donors (Lipinski definition) is 1. The van der Waals surface area contributed by atoms with E-state index in [1.807, 2.05) is 18.3 Å². The molecule has 0 radical (unpaired) electrons. The van der Waals surface area contributed by atoms with Crippen molar-refractivity contribution in [1.29, 1.82) is 0 Å². The van der Waals surface area contributed by atoms with Gasteiger partial charge in [0.2, 0.25) is 0 Å². The third kappa shape index (κ3) is 4.13. The van der Waals surface area contributed by atoms with Crippen LogP contribution in [0.25, 0.3) is 0 Å². The van der Waals surface area contributed by atoms with Crippen molar-refractivity contribution >= 4 is 0 Å². The van der Waals surface area contributed by atoms with Crippen molar-refractivity contribution in [3.8, 4) is 0 Å². The Hall–Kier alpha value is -1.71. The quantitative estimate of drug-likeness (QED) is 0.849. The van der Waals surface area contributed by atoms with Crippen molar-refractivity contribution < 1.29 is 0 Å². The molecule has 0 saturated carbocycles. The highest BCUT2D eigenvalue weighted by Crippen LogP contribution is 2.23. The van der Waals surface area contributed by atoms with E-state index in [1.165, 1.54) is 5.56 Å². The van der Waals surface area contributed by atoms with Crippen LogP contribution in [0.2, 0.25) is 0 Å². The molecule has 1 heterocycles. The van der Waals surface area contributed by atoms with E-state index in [-0.39, 0.29) is 0 Å². The minimum atomic E-state index is 0.319. The van der Waals surface area contributed by atoms with Gasteiger partial charge in [0, 0.05) is 25.3 Å². The first kappa shape index (κ1) is 15.7. The van der Waals surface area contributed by atoms with E-state index in [4.69, 9.17) is 5.73 Å². The molecule has 21 heavy (non-hydrogen) atoms. The zero-order chi connectivity index (χ0) is 15.1. The van der Waals surface area contributed by atoms with Gasteiger partial charge in [-0.3, -0.25) is 9.88 Å². The van der Waals surface area contributed by atoms with E-state index in [9.17, 15) is 0 Å². The van der Waals surface area contributed by atoms with Crippen molar-refractivity contribution in [2.75, 3.05) is 13.1 Å². The highest BCUT2D eigenvalue weighted by molar-refractivity contribution is 5.21. The molecule has 1 aromatic carbocycles. The Morgan fingerprint density at radius 2 is 1.81 bits per heavy atom. The smallest absolute Gasteiger partial charge is 0.0544 e. The van der Waals surface area contributed by atoms with Crippen LogP contribution in [0.4, 0.5) is 0 Å². The molecule has 3 nitrogen and oxygen atoms in total. The normalized spacial score (nSPS) is 14.1. The Morgan fingerprint density at radius 1 is 1.10 bits per heavy atom. The molecule has 2 N–H and O–H groups in total. The first-order chi connectivity index (χ1) is 10.3. The molecule has 3 heteroatoms. The topological polar surface area (TPSA) is 42.2 Å². The lowest BCUT2D eigenvalue weighted by Crippen LogP contribution is -2.43. The summed E-state index contributed by atoms with van der Waals surface area (Å²) in [6.07, 6.45) is 1.85. The number of rotatable bonds is 7. The van der Waals surface area contributed by atoms with E-state index in [0.29, 0.717) is 18.5 Å². The summed E-state index contributed by atoms with van der Waals surface area (Å²) in [7, 11) is 0. The van der Waals surface area contributed by atoms with E-state index in [2.05, 4.69) is 60.1 Å². The number of benzene rings is 1. The van der Waals surface area contributed by atoms with Crippen molar-refractivity contribution in [2.45, 2.75) is 32.4 Å². The first-order valence-corrected chi connectivity index (χ1v) is 7.65. The van der Waals surface area contributed by atoms with Crippen LogP contribution < -0.4 is 5.73 Å². The molecule has 0 aliphatic carbocycles. The molecule has 0 bridgehead atoms. The first-order valence-electron chi connectivity index (χ1n) is 7.65. The molecular formula is C18H25N3. The van der Waals surface area contributed by atoms with Gasteiger partial charge in [0.1, 0.15) is 0 Å².